The Kier molecular flexibility index (Phi) is 8.58. The van der Waals surface area contributed by atoms with Gasteiger partial charge in [0.1, 0.15) is 10.6 Å². The topological polar surface area (TPSA) is 145 Å². The number of non-ortho nitro benzene ring substituents is 1. The Morgan fingerprint density at radius 3 is 2.42 bits per heavy atom. The lowest BCUT2D eigenvalue weighted by atomic mass is 10.1. The number of aromatic nitrogens is 2. The van der Waals surface area contributed by atoms with Crippen molar-refractivity contribution in [3.05, 3.63) is 68.9 Å². The molecule has 1 aromatic heterocycles. The number of nitro groups is 1. The summed E-state index contributed by atoms with van der Waals surface area (Å²) in [5.74, 6) is -0.432. The van der Waals surface area contributed by atoms with Crippen LogP contribution >= 0.6 is 0 Å². The lowest BCUT2D eigenvalue weighted by Crippen LogP contribution is -2.32. The highest BCUT2D eigenvalue weighted by Gasteiger charge is 2.28. The zero-order valence-electron chi connectivity index (χ0n) is 22.5. The van der Waals surface area contributed by atoms with E-state index in [2.05, 4.69) is 15.1 Å². The summed E-state index contributed by atoms with van der Waals surface area (Å²) >= 11 is 0. The number of sulfonamides is 1. The Labute approximate surface area is 222 Å². The molecule has 3 aromatic rings. The summed E-state index contributed by atoms with van der Waals surface area (Å²) in [5, 5.41) is 18.9. The van der Waals surface area contributed by atoms with Gasteiger partial charge in [-0.15, -0.1) is 0 Å². The van der Waals surface area contributed by atoms with Crippen LogP contribution in [0.4, 0.5) is 5.69 Å². The van der Waals surface area contributed by atoms with E-state index in [9.17, 15) is 23.3 Å². The van der Waals surface area contributed by atoms with Crippen LogP contribution in [0, 0.1) is 30.9 Å². The van der Waals surface area contributed by atoms with E-state index >= 15 is 0 Å². The normalized spacial score (nSPS) is 12.4. The van der Waals surface area contributed by atoms with Crippen molar-refractivity contribution >= 4 is 21.6 Å². The van der Waals surface area contributed by atoms with Crippen LogP contribution in [0.3, 0.4) is 0 Å². The Bertz CT molecular complexity index is 1480. The maximum atomic E-state index is 13.1. The monoisotopic (exact) mass is 543 g/mol. The molecule has 1 atom stereocenters. The second kappa shape index (κ2) is 11.3. The Hall–Kier alpha value is -3.77. The number of aryl methyl sites for hydroxylation is 2. The van der Waals surface area contributed by atoms with Crippen molar-refractivity contribution in [1.29, 1.82) is 0 Å². The van der Waals surface area contributed by atoms with Gasteiger partial charge in [-0.25, -0.2) is 13.1 Å². The number of nitrogens with zero attached hydrogens (tertiary/aromatic N) is 3. The van der Waals surface area contributed by atoms with Gasteiger partial charge in [-0.1, -0.05) is 19.1 Å². The number of hydrogen-bond donors (Lipinski definition) is 2. The Morgan fingerprint density at radius 2 is 1.82 bits per heavy atom. The molecule has 3 rings (SSSR count). The van der Waals surface area contributed by atoms with Gasteiger partial charge in [0.2, 0.25) is 15.9 Å². The quantitative estimate of drug-likeness (QED) is 0.278. The van der Waals surface area contributed by atoms with Gasteiger partial charge in [0.05, 0.1) is 10.6 Å². The van der Waals surface area contributed by atoms with Crippen LogP contribution in [0.5, 0.6) is 11.6 Å². The van der Waals surface area contributed by atoms with Crippen LogP contribution in [0.1, 0.15) is 61.3 Å². The van der Waals surface area contributed by atoms with E-state index in [1.54, 1.807) is 20.8 Å². The number of amides is 1. The van der Waals surface area contributed by atoms with Crippen LogP contribution < -0.4 is 14.8 Å². The molecule has 0 aliphatic heterocycles. The molecule has 204 valence electrons. The molecule has 2 N–H and O–H groups in total. The molecule has 0 aliphatic rings. The highest BCUT2D eigenvalue weighted by molar-refractivity contribution is 7.89. The zero-order valence-corrected chi connectivity index (χ0v) is 23.3. The summed E-state index contributed by atoms with van der Waals surface area (Å²) in [6.45, 7) is 12.5. The molecular formula is C26H33N5O6S. The van der Waals surface area contributed by atoms with Gasteiger partial charge >= 0.3 is 0 Å². The van der Waals surface area contributed by atoms with E-state index in [1.165, 1.54) is 10.7 Å². The molecule has 0 bridgehead atoms. The van der Waals surface area contributed by atoms with E-state index in [0.717, 1.165) is 29.7 Å². The highest BCUT2D eigenvalue weighted by Crippen LogP contribution is 2.36. The lowest BCUT2D eigenvalue weighted by Gasteiger charge is -2.16. The van der Waals surface area contributed by atoms with Crippen molar-refractivity contribution in [2.45, 2.75) is 71.9 Å². The standard InChI is InChI=1S/C26H33N5O6S/c1-8-18(6)27-25(32)24-19(7)26(30(28-24)21-13-16(4)9-10-17(21)5)37-22-12-11-20(31(33)34)14-23(22)38(35,36)29-15(2)3/h9-15,18,29H,8H2,1-7H3,(H,27,32)/t18-/m0/s1. The number of nitrogens with one attached hydrogen (secondary N) is 2. The summed E-state index contributed by atoms with van der Waals surface area (Å²) in [6, 6.07) is 8.49. The third-order valence-corrected chi connectivity index (χ3v) is 7.57. The fraction of sp³-hybridized carbons (Fsp3) is 0.385. The molecule has 1 amide bonds. The molecule has 12 heteroatoms. The van der Waals surface area contributed by atoms with Crippen LogP contribution in [0.25, 0.3) is 5.69 Å². The third-order valence-electron chi connectivity index (χ3n) is 5.89. The molecule has 0 saturated carbocycles. The van der Waals surface area contributed by atoms with E-state index in [4.69, 9.17) is 4.74 Å². The number of benzene rings is 2. The maximum absolute atomic E-state index is 13.1. The number of carbonyl (C=O) groups is 1. The van der Waals surface area contributed by atoms with Gasteiger partial charge in [-0.3, -0.25) is 14.9 Å². The average molecular weight is 544 g/mol. The van der Waals surface area contributed by atoms with Crippen molar-refractivity contribution in [1.82, 2.24) is 19.8 Å². The van der Waals surface area contributed by atoms with Gasteiger partial charge in [0, 0.05) is 29.8 Å². The van der Waals surface area contributed by atoms with Crippen LogP contribution in [-0.2, 0) is 10.0 Å². The molecule has 0 fully saturated rings. The largest absolute Gasteiger partial charge is 0.437 e. The number of ether oxygens (including phenoxy) is 1. The highest BCUT2D eigenvalue weighted by atomic mass is 32.2. The minimum atomic E-state index is -4.19. The van der Waals surface area contributed by atoms with Gasteiger partial charge in [0.25, 0.3) is 11.6 Å². The first-order valence-electron chi connectivity index (χ1n) is 12.2. The summed E-state index contributed by atoms with van der Waals surface area (Å²) in [7, 11) is -4.19. The van der Waals surface area contributed by atoms with Gasteiger partial charge in [-0.2, -0.15) is 9.78 Å². The number of rotatable bonds is 10. The second-order valence-corrected chi connectivity index (χ2v) is 11.2. The van der Waals surface area contributed by atoms with Gasteiger partial charge in [0.15, 0.2) is 5.69 Å². The van der Waals surface area contributed by atoms with Crippen LogP contribution in [-0.4, -0.2) is 41.1 Å². The average Bonchev–Trinajstić information content (AvgIpc) is 3.15. The van der Waals surface area contributed by atoms with Gasteiger partial charge < -0.3 is 10.1 Å². The predicted octanol–water partition coefficient (Wildman–Crippen LogP) is 4.71. The molecule has 0 saturated heterocycles. The smallest absolute Gasteiger partial charge is 0.272 e. The number of carbonyl (C=O) groups excluding carboxylic acids is 1. The van der Waals surface area contributed by atoms with E-state index in [-0.39, 0.29) is 23.4 Å². The molecule has 0 unspecified atom stereocenters. The van der Waals surface area contributed by atoms with Crippen molar-refractivity contribution in [3.63, 3.8) is 0 Å². The fourth-order valence-corrected chi connectivity index (χ4v) is 5.10. The number of hydrogen-bond acceptors (Lipinski definition) is 7. The first-order chi connectivity index (χ1) is 17.7. The van der Waals surface area contributed by atoms with E-state index < -0.39 is 37.5 Å². The third kappa shape index (κ3) is 6.20. The molecule has 0 radical (unpaired) electrons. The van der Waals surface area contributed by atoms with Crippen LogP contribution in [0.2, 0.25) is 0 Å². The van der Waals surface area contributed by atoms with E-state index in [1.807, 2.05) is 45.9 Å². The fourth-order valence-electron chi connectivity index (χ4n) is 3.70. The van der Waals surface area contributed by atoms with Crippen molar-refractivity contribution < 1.29 is 22.9 Å². The first-order valence-corrected chi connectivity index (χ1v) is 13.7. The lowest BCUT2D eigenvalue weighted by molar-refractivity contribution is -0.385. The Balaban J connectivity index is 2.25. The summed E-state index contributed by atoms with van der Waals surface area (Å²) in [6.07, 6.45) is 0.721. The SMILES string of the molecule is CC[C@H](C)NC(=O)c1nn(-c2cc(C)ccc2C)c(Oc2ccc([N+](=O)[O-])cc2S(=O)(=O)NC(C)C)c1C. The van der Waals surface area contributed by atoms with Gasteiger partial charge in [-0.05, 0) is 71.2 Å². The molecular weight excluding hydrogens is 510 g/mol. The predicted molar refractivity (Wildman–Crippen MR) is 144 cm³/mol. The molecule has 38 heavy (non-hydrogen) atoms. The summed E-state index contributed by atoms with van der Waals surface area (Å²) in [5.41, 5.74) is 2.51. The zero-order chi connectivity index (χ0) is 28.4. The molecule has 11 nitrogen and oxygen atoms in total. The molecule has 1 heterocycles. The minimum Gasteiger partial charge on any atom is -0.437 e. The van der Waals surface area contributed by atoms with Crippen LogP contribution in [0.15, 0.2) is 41.3 Å². The molecule has 0 spiro atoms. The molecule has 0 aliphatic carbocycles. The first kappa shape index (κ1) is 28.8. The summed E-state index contributed by atoms with van der Waals surface area (Å²) in [4.78, 5) is 23.4. The maximum Gasteiger partial charge on any atom is 0.272 e. The summed E-state index contributed by atoms with van der Waals surface area (Å²) < 4.78 is 36.3. The van der Waals surface area contributed by atoms with Crippen molar-refractivity contribution in [2.75, 3.05) is 0 Å². The van der Waals surface area contributed by atoms with E-state index in [0.29, 0.717) is 11.3 Å². The molecule has 2 aromatic carbocycles. The van der Waals surface area contributed by atoms with Crippen molar-refractivity contribution in [3.8, 4) is 17.3 Å². The number of nitro benzene ring substituents is 1. The van der Waals surface area contributed by atoms with Crippen molar-refractivity contribution in [2.24, 2.45) is 0 Å². The minimum absolute atomic E-state index is 0.0920. The second-order valence-electron chi connectivity index (χ2n) is 9.53. The Morgan fingerprint density at radius 1 is 1.13 bits per heavy atom.